The Hall–Kier alpha value is -1.55. The van der Waals surface area contributed by atoms with Crippen molar-refractivity contribution in [2.24, 2.45) is 0 Å². The van der Waals surface area contributed by atoms with Gasteiger partial charge >= 0.3 is 6.03 Å². The van der Waals surface area contributed by atoms with Crippen molar-refractivity contribution in [3.05, 3.63) is 29.3 Å². The molecule has 0 radical (unpaired) electrons. The first-order valence-electron chi connectivity index (χ1n) is 6.79. The molecule has 1 atom stereocenters. The number of nitrogens with zero attached hydrogens (tertiary/aromatic N) is 1. The third-order valence-corrected chi connectivity index (χ3v) is 3.45. The number of aryl methyl sites for hydroxylation is 2. The smallest absolute Gasteiger partial charge is 0.321 e. The van der Waals surface area contributed by atoms with Gasteiger partial charge in [0.1, 0.15) is 0 Å². The number of aliphatic hydroxyl groups excluding tert-OH is 1. The number of rotatable bonds is 5. The summed E-state index contributed by atoms with van der Waals surface area (Å²) in [6.45, 7) is 5.92. The molecule has 1 aromatic rings. The molecule has 106 valence electrons. The van der Waals surface area contributed by atoms with Crippen molar-refractivity contribution < 1.29 is 9.90 Å². The second-order valence-corrected chi connectivity index (χ2v) is 4.77. The van der Waals surface area contributed by atoms with Gasteiger partial charge in [-0.15, -0.1) is 0 Å². The number of nitrogens with one attached hydrogen (secondary N) is 1. The molecule has 4 heteroatoms. The van der Waals surface area contributed by atoms with E-state index < -0.39 is 0 Å². The molecule has 0 heterocycles. The van der Waals surface area contributed by atoms with Crippen molar-refractivity contribution >= 4 is 11.7 Å². The maximum atomic E-state index is 12.1. The fourth-order valence-corrected chi connectivity index (χ4v) is 1.79. The number of likely N-dealkylation sites (N-methyl/N-ethyl adjacent to an activating group) is 1. The topological polar surface area (TPSA) is 52.6 Å². The van der Waals surface area contributed by atoms with Gasteiger partial charge in [-0.05, 0) is 37.0 Å². The summed E-state index contributed by atoms with van der Waals surface area (Å²) in [5.41, 5.74) is 3.19. The Bertz CT molecular complexity index is 432. The SMILES string of the molecule is CCc1ccc(CC)c(NC(=O)N(C)[C@@H](C)CO)c1. The van der Waals surface area contributed by atoms with Crippen molar-refractivity contribution in [2.45, 2.75) is 39.7 Å². The predicted octanol–water partition coefficient (Wildman–Crippen LogP) is 2.66. The molecule has 4 nitrogen and oxygen atoms in total. The van der Waals surface area contributed by atoms with Gasteiger partial charge in [-0.25, -0.2) is 4.79 Å². The van der Waals surface area contributed by atoms with E-state index in [0.29, 0.717) is 0 Å². The van der Waals surface area contributed by atoms with E-state index in [1.165, 1.54) is 10.5 Å². The maximum Gasteiger partial charge on any atom is 0.321 e. The lowest BCUT2D eigenvalue weighted by Crippen LogP contribution is -2.40. The maximum absolute atomic E-state index is 12.1. The second kappa shape index (κ2) is 7.14. The van der Waals surface area contributed by atoms with Gasteiger partial charge in [-0.2, -0.15) is 0 Å². The Morgan fingerprint density at radius 3 is 2.58 bits per heavy atom. The third-order valence-electron chi connectivity index (χ3n) is 3.45. The zero-order valence-electron chi connectivity index (χ0n) is 12.2. The summed E-state index contributed by atoms with van der Waals surface area (Å²) in [5, 5.41) is 12.0. The van der Waals surface area contributed by atoms with Gasteiger partial charge in [-0.1, -0.05) is 26.0 Å². The number of carbonyl (C=O) groups is 1. The van der Waals surface area contributed by atoms with Crippen LogP contribution in [0.1, 0.15) is 31.9 Å². The molecule has 0 bridgehead atoms. The van der Waals surface area contributed by atoms with Crippen LogP contribution in [0.5, 0.6) is 0 Å². The van der Waals surface area contributed by atoms with Crippen LogP contribution < -0.4 is 5.32 Å². The van der Waals surface area contributed by atoms with Crippen LogP contribution in [0.3, 0.4) is 0 Å². The summed E-state index contributed by atoms with van der Waals surface area (Å²) in [4.78, 5) is 13.6. The van der Waals surface area contributed by atoms with Crippen LogP contribution in [-0.2, 0) is 12.8 Å². The van der Waals surface area contributed by atoms with Crippen LogP contribution in [0.15, 0.2) is 18.2 Å². The lowest BCUT2D eigenvalue weighted by molar-refractivity contribution is 0.166. The Morgan fingerprint density at radius 1 is 1.37 bits per heavy atom. The van der Waals surface area contributed by atoms with E-state index in [9.17, 15) is 4.79 Å². The zero-order chi connectivity index (χ0) is 14.4. The molecule has 0 spiro atoms. The molecule has 0 aliphatic carbocycles. The minimum atomic E-state index is -0.195. The van der Waals surface area contributed by atoms with Gasteiger partial charge in [0, 0.05) is 12.7 Å². The van der Waals surface area contributed by atoms with Crippen molar-refractivity contribution in [3.63, 3.8) is 0 Å². The average Bonchev–Trinajstić information content (AvgIpc) is 2.45. The standard InChI is InChI=1S/C15H24N2O2/c1-5-12-7-8-13(6-2)14(9-12)16-15(19)17(4)11(3)10-18/h7-9,11,18H,5-6,10H2,1-4H3,(H,16,19)/t11-/m0/s1. The van der Waals surface area contributed by atoms with Crippen LogP contribution in [0.2, 0.25) is 0 Å². The number of hydrogen-bond donors (Lipinski definition) is 2. The summed E-state index contributed by atoms with van der Waals surface area (Å²) >= 11 is 0. The van der Waals surface area contributed by atoms with Gasteiger partial charge < -0.3 is 15.3 Å². The van der Waals surface area contributed by atoms with E-state index in [2.05, 4.69) is 31.3 Å². The number of carbonyl (C=O) groups excluding carboxylic acids is 1. The highest BCUT2D eigenvalue weighted by molar-refractivity contribution is 5.90. The fourth-order valence-electron chi connectivity index (χ4n) is 1.79. The van der Waals surface area contributed by atoms with E-state index in [4.69, 9.17) is 5.11 Å². The van der Waals surface area contributed by atoms with E-state index in [1.807, 2.05) is 13.0 Å². The van der Waals surface area contributed by atoms with Crippen molar-refractivity contribution in [1.82, 2.24) is 4.90 Å². The van der Waals surface area contributed by atoms with Crippen LogP contribution in [0.25, 0.3) is 0 Å². The number of aliphatic hydroxyl groups is 1. The van der Waals surface area contributed by atoms with E-state index >= 15 is 0 Å². The zero-order valence-corrected chi connectivity index (χ0v) is 12.2. The Morgan fingerprint density at radius 2 is 2.05 bits per heavy atom. The number of amides is 2. The lowest BCUT2D eigenvalue weighted by Gasteiger charge is -2.24. The van der Waals surface area contributed by atoms with Gasteiger partial charge in [-0.3, -0.25) is 0 Å². The summed E-state index contributed by atoms with van der Waals surface area (Å²) < 4.78 is 0. The lowest BCUT2D eigenvalue weighted by atomic mass is 10.1. The molecule has 1 aromatic carbocycles. The minimum absolute atomic E-state index is 0.0421. The average molecular weight is 264 g/mol. The monoisotopic (exact) mass is 264 g/mol. The molecule has 0 fully saturated rings. The highest BCUT2D eigenvalue weighted by Gasteiger charge is 2.15. The quantitative estimate of drug-likeness (QED) is 0.859. The van der Waals surface area contributed by atoms with Crippen LogP contribution in [-0.4, -0.2) is 35.7 Å². The van der Waals surface area contributed by atoms with Crippen LogP contribution >= 0.6 is 0 Å². The highest BCUT2D eigenvalue weighted by atomic mass is 16.3. The molecular formula is C15H24N2O2. The summed E-state index contributed by atoms with van der Waals surface area (Å²) in [6.07, 6.45) is 1.81. The van der Waals surface area contributed by atoms with E-state index in [-0.39, 0.29) is 18.7 Å². The normalized spacial score (nSPS) is 12.1. The summed E-state index contributed by atoms with van der Waals surface area (Å²) in [7, 11) is 1.69. The summed E-state index contributed by atoms with van der Waals surface area (Å²) in [6, 6.07) is 5.79. The Kier molecular flexibility index (Phi) is 5.83. The third kappa shape index (κ3) is 3.96. The molecule has 0 saturated carbocycles. The van der Waals surface area contributed by atoms with E-state index in [0.717, 1.165) is 24.1 Å². The largest absolute Gasteiger partial charge is 0.394 e. The molecule has 0 aliphatic heterocycles. The van der Waals surface area contributed by atoms with Crippen molar-refractivity contribution in [1.29, 1.82) is 0 Å². The van der Waals surface area contributed by atoms with Gasteiger partial charge in [0.05, 0.1) is 12.6 Å². The fraction of sp³-hybridized carbons (Fsp3) is 0.533. The van der Waals surface area contributed by atoms with E-state index in [1.54, 1.807) is 7.05 Å². The van der Waals surface area contributed by atoms with Gasteiger partial charge in [0.2, 0.25) is 0 Å². The summed E-state index contributed by atoms with van der Waals surface area (Å²) in [5.74, 6) is 0. The second-order valence-electron chi connectivity index (χ2n) is 4.77. The predicted molar refractivity (Wildman–Crippen MR) is 78.5 cm³/mol. The molecule has 0 unspecified atom stereocenters. The van der Waals surface area contributed by atoms with Crippen LogP contribution in [0.4, 0.5) is 10.5 Å². The Labute approximate surface area is 115 Å². The van der Waals surface area contributed by atoms with Crippen molar-refractivity contribution in [2.75, 3.05) is 19.0 Å². The first kappa shape index (κ1) is 15.5. The van der Waals surface area contributed by atoms with Gasteiger partial charge in [0.15, 0.2) is 0 Å². The minimum Gasteiger partial charge on any atom is -0.394 e. The highest BCUT2D eigenvalue weighted by Crippen LogP contribution is 2.19. The molecule has 1 rings (SSSR count). The molecular weight excluding hydrogens is 240 g/mol. The number of anilines is 1. The molecule has 19 heavy (non-hydrogen) atoms. The van der Waals surface area contributed by atoms with Crippen LogP contribution in [0, 0.1) is 0 Å². The van der Waals surface area contributed by atoms with Gasteiger partial charge in [0.25, 0.3) is 0 Å². The molecule has 2 N–H and O–H groups in total. The molecule has 0 saturated heterocycles. The number of benzene rings is 1. The first-order valence-corrected chi connectivity index (χ1v) is 6.79. The Balaban J connectivity index is 2.88. The number of urea groups is 1. The molecule has 0 aliphatic rings. The first-order chi connectivity index (χ1) is 9.03. The number of hydrogen-bond acceptors (Lipinski definition) is 2. The molecule has 0 aromatic heterocycles. The molecule has 2 amide bonds. The van der Waals surface area contributed by atoms with Crippen molar-refractivity contribution in [3.8, 4) is 0 Å².